The van der Waals surface area contributed by atoms with Crippen LogP contribution in [0, 0.1) is 0 Å². The third-order valence-electron chi connectivity index (χ3n) is 4.01. The fraction of sp³-hybridized carbons (Fsp3) is 0.500. The summed E-state index contributed by atoms with van der Waals surface area (Å²) in [6.45, 7) is 1.12. The number of carboxylic acid groups (broad SMARTS) is 2. The standard InChI is InChI=1S/C16H21NO4/c18-15(19)8-9-17(14-6-1-2-7-14)11-12-4-3-5-13(10-12)16(20)21/h3-5,10,14H,1-2,6-9,11H2,(H,18,19)(H,20,21). The first-order chi connectivity index (χ1) is 10.1. The average molecular weight is 291 g/mol. The van der Waals surface area contributed by atoms with Gasteiger partial charge < -0.3 is 10.2 Å². The Morgan fingerprint density at radius 1 is 1.19 bits per heavy atom. The van der Waals surface area contributed by atoms with Crippen molar-refractivity contribution >= 4 is 11.9 Å². The molecule has 0 aliphatic heterocycles. The minimum absolute atomic E-state index is 0.120. The number of rotatable bonds is 7. The summed E-state index contributed by atoms with van der Waals surface area (Å²) in [5.74, 6) is -1.73. The van der Waals surface area contributed by atoms with Crippen LogP contribution >= 0.6 is 0 Å². The largest absolute Gasteiger partial charge is 0.481 e. The van der Waals surface area contributed by atoms with Crippen LogP contribution < -0.4 is 0 Å². The third kappa shape index (κ3) is 4.56. The highest BCUT2D eigenvalue weighted by molar-refractivity contribution is 5.87. The third-order valence-corrected chi connectivity index (χ3v) is 4.01. The summed E-state index contributed by atoms with van der Waals surface area (Å²) < 4.78 is 0. The second-order valence-electron chi connectivity index (χ2n) is 5.56. The van der Waals surface area contributed by atoms with Gasteiger partial charge in [-0.1, -0.05) is 25.0 Å². The van der Waals surface area contributed by atoms with Gasteiger partial charge in [0.25, 0.3) is 0 Å². The predicted octanol–water partition coefficient (Wildman–Crippen LogP) is 2.60. The topological polar surface area (TPSA) is 77.8 Å². The molecule has 114 valence electrons. The highest BCUT2D eigenvalue weighted by Crippen LogP contribution is 2.25. The lowest BCUT2D eigenvalue weighted by Crippen LogP contribution is -2.34. The molecule has 0 unspecified atom stereocenters. The van der Waals surface area contributed by atoms with Gasteiger partial charge >= 0.3 is 11.9 Å². The van der Waals surface area contributed by atoms with Crippen LogP contribution in [0.4, 0.5) is 0 Å². The minimum Gasteiger partial charge on any atom is -0.481 e. The highest BCUT2D eigenvalue weighted by atomic mass is 16.4. The molecule has 1 aliphatic carbocycles. The minimum atomic E-state index is -0.935. The van der Waals surface area contributed by atoms with Gasteiger partial charge in [0, 0.05) is 19.1 Å². The fourth-order valence-corrected chi connectivity index (χ4v) is 2.94. The first kappa shape index (κ1) is 15.5. The average Bonchev–Trinajstić information content (AvgIpc) is 2.97. The molecule has 1 fully saturated rings. The molecule has 21 heavy (non-hydrogen) atoms. The lowest BCUT2D eigenvalue weighted by Gasteiger charge is -2.28. The van der Waals surface area contributed by atoms with Crippen LogP contribution in [-0.2, 0) is 11.3 Å². The molecule has 0 spiro atoms. The van der Waals surface area contributed by atoms with E-state index in [1.165, 1.54) is 12.8 Å². The lowest BCUT2D eigenvalue weighted by molar-refractivity contribution is -0.137. The summed E-state index contributed by atoms with van der Waals surface area (Å²) in [7, 11) is 0. The lowest BCUT2D eigenvalue weighted by atomic mass is 10.1. The van der Waals surface area contributed by atoms with Gasteiger partial charge in [-0.15, -0.1) is 0 Å². The summed E-state index contributed by atoms with van der Waals surface area (Å²) in [4.78, 5) is 24.0. The van der Waals surface area contributed by atoms with E-state index in [9.17, 15) is 9.59 Å². The molecule has 5 nitrogen and oxygen atoms in total. The Kier molecular flexibility index (Phi) is 5.33. The molecule has 0 saturated heterocycles. The zero-order chi connectivity index (χ0) is 15.2. The highest BCUT2D eigenvalue weighted by Gasteiger charge is 2.23. The molecule has 0 aromatic heterocycles. The molecule has 0 atom stereocenters. The van der Waals surface area contributed by atoms with Crippen LogP contribution in [0.5, 0.6) is 0 Å². The Hall–Kier alpha value is -1.88. The number of aliphatic carboxylic acids is 1. The van der Waals surface area contributed by atoms with Crippen molar-refractivity contribution in [2.45, 2.75) is 44.7 Å². The van der Waals surface area contributed by atoms with E-state index in [-0.39, 0.29) is 12.0 Å². The van der Waals surface area contributed by atoms with Crippen molar-refractivity contribution in [3.05, 3.63) is 35.4 Å². The van der Waals surface area contributed by atoms with E-state index in [1.54, 1.807) is 18.2 Å². The van der Waals surface area contributed by atoms with Crippen molar-refractivity contribution in [2.75, 3.05) is 6.54 Å². The van der Waals surface area contributed by atoms with E-state index < -0.39 is 11.9 Å². The van der Waals surface area contributed by atoms with E-state index in [1.807, 2.05) is 6.07 Å². The summed E-state index contributed by atoms with van der Waals surface area (Å²) in [5.41, 5.74) is 1.20. The number of hydrogen-bond acceptors (Lipinski definition) is 3. The summed E-state index contributed by atoms with van der Waals surface area (Å²) in [5, 5.41) is 17.9. The van der Waals surface area contributed by atoms with E-state index in [2.05, 4.69) is 4.90 Å². The summed E-state index contributed by atoms with van der Waals surface area (Å²) >= 11 is 0. The summed E-state index contributed by atoms with van der Waals surface area (Å²) in [6.07, 6.45) is 4.68. The smallest absolute Gasteiger partial charge is 0.335 e. The van der Waals surface area contributed by atoms with Gasteiger partial charge in [-0.3, -0.25) is 9.69 Å². The molecule has 0 amide bonds. The van der Waals surface area contributed by atoms with Crippen LogP contribution in [0.2, 0.25) is 0 Å². The van der Waals surface area contributed by atoms with Gasteiger partial charge in [0.05, 0.1) is 12.0 Å². The van der Waals surface area contributed by atoms with E-state index in [0.717, 1.165) is 18.4 Å². The Morgan fingerprint density at radius 3 is 2.52 bits per heavy atom. The van der Waals surface area contributed by atoms with Crippen LogP contribution in [0.15, 0.2) is 24.3 Å². The van der Waals surface area contributed by atoms with E-state index in [0.29, 0.717) is 19.1 Å². The molecule has 5 heteroatoms. The number of aromatic carboxylic acids is 1. The second kappa shape index (κ2) is 7.22. The maximum atomic E-state index is 11.0. The zero-order valence-corrected chi connectivity index (χ0v) is 12.0. The molecule has 1 saturated carbocycles. The Balaban J connectivity index is 2.07. The number of carbonyl (C=O) groups is 2. The van der Waals surface area contributed by atoms with Gasteiger partial charge in [0.15, 0.2) is 0 Å². The molecule has 0 radical (unpaired) electrons. The van der Waals surface area contributed by atoms with Gasteiger partial charge in [0.2, 0.25) is 0 Å². The second-order valence-corrected chi connectivity index (χ2v) is 5.56. The molecule has 0 heterocycles. The first-order valence-electron chi connectivity index (χ1n) is 7.34. The molecule has 1 aliphatic rings. The maximum Gasteiger partial charge on any atom is 0.335 e. The van der Waals surface area contributed by atoms with Crippen LogP contribution in [0.3, 0.4) is 0 Å². The van der Waals surface area contributed by atoms with E-state index >= 15 is 0 Å². The van der Waals surface area contributed by atoms with Crippen molar-refractivity contribution in [2.24, 2.45) is 0 Å². The van der Waals surface area contributed by atoms with Crippen LogP contribution in [0.1, 0.15) is 48.0 Å². The Labute approximate surface area is 124 Å². The summed E-state index contributed by atoms with van der Waals surface area (Å²) in [6, 6.07) is 7.30. The number of hydrogen-bond donors (Lipinski definition) is 2. The van der Waals surface area contributed by atoms with Crippen molar-refractivity contribution in [1.82, 2.24) is 4.90 Å². The number of benzene rings is 1. The fourth-order valence-electron chi connectivity index (χ4n) is 2.94. The Morgan fingerprint density at radius 2 is 1.90 bits per heavy atom. The molecule has 2 N–H and O–H groups in total. The molecular weight excluding hydrogens is 270 g/mol. The van der Waals surface area contributed by atoms with Crippen LogP contribution in [-0.4, -0.2) is 39.6 Å². The van der Waals surface area contributed by atoms with Crippen molar-refractivity contribution < 1.29 is 19.8 Å². The maximum absolute atomic E-state index is 11.0. The molecule has 0 bridgehead atoms. The molecular formula is C16H21NO4. The van der Waals surface area contributed by atoms with Crippen molar-refractivity contribution in [3.8, 4) is 0 Å². The quantitative estimate of drug-likeness (QED) is 0.807. The van der Waals surface area contributed by atoms with E-state index in [4.69, 9.17) is 10.2 Å². The predicted molar refractivity (Wildman–Crippen MR) is 78.3 cm³/mol. The van der Waals surface area contributed by atoms with Gasteiger partial charge in [-0.05, 0) is 30.5 Å². The molecule has 1 aromatic carbocycles. The Bertz CT molecular complexity index is 509. The van der Waals surface area contributed by atoms with Gasteiger partial charge in [-0.2, -0.15) is 0 Å². The van der Waals surface area contributed by atoms with Crippen LogP contribution in [0.25, 0.3) is 0 Å². The zero-order valence-electron chi connectivity index (χ0n) is 12.0. The van der Waals surface area contributed by atoms with Crippen molar-refractivity contribution in [1.29, 1.82) is 0 Å². The monoisotopic (exact) mass is 291 g/mol. The van der Waals surface area contributed by atoms with Crippen molar-refractivity contribution in [3.63, 3.8) is 0 Å². The SMILES string of the molecule is O=C(O)CCN(Cc1cccc(C(=O)O)c1)C1CCCC1. The van der Waals surface area contributed by atoms with Gasteiger partial charge in [0.1, 0.15) is 0 Å². The molecule has 2 rings (SSSR count). The van der Waals surface area contributed by atoms with Gasteiger partial charge in [-0.25, -0.2) is 4.79 Å². The molecule has 1 aromatic rings. The normalized spacial score (nSPS) is 15.5. The number of carboxylic acids is 2. The number of nitrogens with zero attached hydrogens (tertiary/aromatic N) is 1. The first-order valence-corrected chi connectivity index (χ1v) is 7.34.